The summed E-state index contributed by atoms with van der Waals surface area (Å²) < 4.78 is 5.05. The van der Waals surface area contributed by atoms with Crippen LogP contribution >= 0.6 is 0 Å². The molecule has 0 bridgehead atoms. The van der Waals surface area contributed by atoms with Crippen LogP contribution in [0, 0.1) is 6.92 Å². The maximum Gasteiger partial charge on any atom is 0.407 e. The molecule has 0 spiro atoms. The van der Waals surface area contributed by atoms with E-state index >= 15 is 0 Å². The third-order valence-corrected chi connectivity index (χ3v) is 2.45. The summed E-state index contributed by atoms with van der Waals surface area (Å²) in [7, 11) is 0. The summed E-state index contributed by atoms with van der Waals surface area (Å²) in [6, 6.07) is 4.98. The first kappa shape index (κ1) is 16.8. The Hall–Kier alpha value is -2.24. The van der Waals surface area contributed by atoms with Crippen LogP contribution in [0.25, 0.3) is 0 Å². The van der Waals surface area contributed by atoms with Gasteiger partial charge in [-0.3, -0.25) is 4.79 Å². The van der Waals surface area contributed by atoms with Crippen LogP contribution in [0.1, 0.15) is 32.8 Å². The molecule has 1 aromatic rings. The SMILES string of the molecule is Cc1ccc(NC(=O)CCNC(=O)OC(C)(C)C)c(O)c1. The van der Waals surface area contributed by atoms with Crippen LogP contribution in [-0.2, 0) is 9.53 Å². The summed E-state index contributed by atoms with van der Waals surface area (Å²) in [5.41, 5.74) is 0.681. The lowest BCUT2D eigenvalue weighted by molar-refractivity contribution is -0.116. The molecular weight excluding hydrogens is 272 g/mol. The zero-order valence-corrected chi connectivity index (χ0v) is 12.8. The number of ether oxygens (including phenoxy) is 1. The number of carbonyl (C=O) groups is 2. The molecular formula is C15H22N2O4. The fraction of sp³-hybridized carbons (Fsp3) is 0.467. The second-order valence-electron chi connectivity index (χ2n) is 5.75. The van der Waals surface area contributed by atoms with E-state index in [1.165, 1.54) is 0 Å². The number of aromatic hydroxyl groups is 1. The Morgan fingerprint density at radius 2 is 1.95 bits per heavy atom. The summed E-state index contributed by atoms with van der Waals surface area (Å²) in [6.45, 7) is 7.29. The summed E-state index contributed by atoms with van der Waals surface area (Å²) in [4.78, 5) is 23.1. The Morgan fingerprint density at radius 3 is 2.52 bits per heavy atom. The summed E-state index contributed by atoms with van der Waals surface area (Å²) in [5.74, 6) is -0.284. The third kappa shape index (κ3) is 6.65. The van der Waals surface area contributed by atoms with E-state index in [9.17, 15) is 14.7 Å². The lowest BCUT2D eigenvalue weighted by Gasteiger charge is -2.19. The van der Waals surface area contributed by atoms with Crippen molar-refractivity contribution in [3.8, 4) is 5.75 Å². The molecule has 2 amide bonds. The van der Waals surface area contributed by atoms with Crippen molar-refractivity contribution < 1.29 is 19.4 Å². The van der Waals surface area contributed by atoms with E-state index in [0.717, 1.165) is 5.56 Å². The highest BCUT2D eigenvalue weighted by molar-refractivity contribution is 5.92. The molecule has 21 heavy (non-hydrogen) atoms. The Balaban J connectivity index is 2.36. The molecule has 0 radical (unpaired) electrons. The Bertz CT molecular complexity index is 521. The van der Waals surface area contributed by atoms with Crippen LogP contribution in [0.4, 0.5) is 10.5 Å². The number of nitrogens with one attached hydrogen (secondary N) is 2. The second kappa shape index (κ2) is 6.97. The number of phenolic OH excluding ortho intramolecular Hbond substituents is 1. The molecule has 1 rings (SSSR count). The van der Waals surface area contributed by atoms with E-state index < -0.39 is 11.7 Å². The maximum atomic E-state index is 11.7. The molecule has 0 saturated heterocycles. The molecule has 0 heterocycles. The van der Waals surface area contributed by atoms with E-state index in [-0.39, 0.29) is 24.6 Å². The van der Waals surface area contributed by atoms with Gasteiger partial charge in [-0.1, -0.05) is 6.07 Å². The minimum absolute atomic E-state index is 0.0171. The van der Waals surface area contributed by atoms with Crippen LogP contribution in [-0.4, -0.2) is 29.3 Å². The van der Waals surface area contributed by atoms with Crippen molar-refractivity contribution >= 4 is 17.7 Å². The number of phenols is 1. The second-order valence-corrected chi connectivity index (χ2v) is 5.75. The Kier molecular flexibility index (Phi) is 5.58. The smallest absolute Gasteiger partial charge is 0.407 e. The number of carbonyl (C=O) groups excluding carboxylic acids is 2. The number of amides is 2. The average Bonchev–Trinajstić information content (AvgIpc) is 2.30. The van der Waals surface area contributed by atoms with E-state index in [1.54, 1.807) is 39.0 Å². The maximum absolute atomic E-state index is 11.7. The molecule has 116 valence electrons. The molecule has 0 saturated carbocycles. The van der Waals surface area contributed by atoms with Gasteiger partial charge >= 0.3 is 6.09 Å². The highest BCUT2D eigenvalue weighted by Crippen LogP contribution is 2.23. The van der Waals surface area contributed by atoms with Crippen molar-refractivity contribution in [3.05, 3.63) is 23.8 Å². The zero-order chi connectivity index (χ0) is 16.0. The van der Waals surface area contributed by atoms with Crippen molar-refractivity contribution in [2.24, 2.45) is 0 Å². The van der Waals surface area contributed by atoms with Crippen LogP contribution in [0.2, 0.25) is 0 Å². The van der Waals surface area contributed by atoms with Gasteiger partial charge in [0.2, 0.25) is 5.91 Å². The first-order valence-electron chi connectivity index (χ1n) is 6.74. The average molecular weight is 294 g/mol. The van der Waals surface area contributed by atoms with Crippen molar-refractivity contribution in [1.82, 2.24) is 5.32 Å². The summed E-state index contributed by atoms with van der Waals surface area (Å²) >= 11 is 0. The third-order valence-electron chi connectivity index (χ3n) is 2.45. The Labute approximate surface area is 124 Å². The van der Waals surface area contributed by atoms with Gasteiger partial charge < -0.3 is 20.5 Å². The number of rotatable bonds is 4. The number of hydrogen-bond donors (Lipinski definition) is 3. The molecule has 6 nitrogen and oxygen atoms in total. The van der Waals surface area contributed by atoms with E-state index in [1.807, 2.05) is 6.92 Å². The lowest BCUT2D eigenvalue weighted by atomic mass is 10.2. The molecule has 0 aliphatic carbocycles. The van der Waals surface area contributed by atoms with Gasteiger partial charge in [0.05, 0.1) is 5.69 Å². The van der Waals surface area contributed by atoms with Gasteiger partial charge in [0.25, 0.3) is 0 Å². The van der Waals surface area contributed by atoms with Crippen molar-refractivity contribution in [2.75, 3.05) is 11.9 Å². The van der Waals surface area contributed by atoms with Crippen molar-refractivity contribution in [1.29, 1.82) is 0 Å². The predicted octanol–water partition coefficient (Wildman–Crippen LogP) is 2.55. The lowest BCUT2D eigenvalue weighted by Crippen LogP contribution is -2.34. The van der Waals surface area contributed by atoms with E-state index in [4.69, 9.17) is 4.74 Å². The molecule has 3 N–H and O–H groups in total. The number of hydrogen-bond acceptors (Lipinski definition) is 4. The molecule has 1 aromatic carbocycles. The minimum Gasteiger partial charge on any atom is -0.506 e. The number of alkyl carbamates (subject to hydrolysis) is 1. The van der Waals surface area contributed by atoms with E-state index in [2.05, 4.69) is 10.6 Å². The van der Waals surface area contributed by atoms with Crippen LogP contribution < -0.4 is 10.6 Å². The van der Waals surface area contributed by atoms with Gasteiger partial charge in [0.1, 0.15) is 11.4 Å². The van der Waals surface area contributed by atoms with Gasteiger partial charge in [0.15, 0.2) is 0 Å². The molecule has 0 unspecified atom stereocenters. The van der Waals surface area contributed by atoms with Gasteiger partial charge in [-0.05, 0) is 45.4 Å². The molecule has 0 aliphatic heterocycles. The Morgan fingerprint density at radius 1 is 1.29 bits per heavy atom. The van der Waals surface area contributed by atoms with E-state index in [0.29, 0.717) is 5.69 Å². The summed E-state index contributed by atoms with van der Waals surface area (Å²) in [6.07, 6.45) is -0.472. The monoisotopic (exact) mass is 294 g/mol. The quantitative estimate of drug-likeness (QED) is 0.745. The largest absolute Gasteiger partial charge is 0.506 e. The number of anilines is 1. The van der Waals surface area contributed by atoms with Gasteiger partial charge in [-0.2, -0.15) is 0 Å². The minimum atomic E-state index is -0.569. The highest BCUT2D eigenvalue weighted by atomic mass is 16.6. The molecule has 0 aromatic heterocycles. The van der Waals surface area contributed by atoms with Crippen LogP contribution in [0.15, 0.2) is 18.2 Å². The molecule has 0 aliphatic rings. The van der Waals surface area contributed by atoms with Crippen molar-refractivity contribution in [2.45, 2.75) is 39.7 Å². The highest BCUT2D eigenvalue weighted by Gasteiger charge is 2.16. The summed E-state index contributed by atoms with van der Waals surface area (Å²) in [5, 5.41) is 14.8. The first-order valence-corrected chi connectivity index (χ1v) is 6.74. The normalized spacial score (nSPS) is 10.9. The fourth-order valence-corrected chi connectivity index (χ4v) is 1.55. The topological polar surface area (TPSA) is 87.7 Å². The molecule has 0 atom stereocenters. The standard InChI is InChI=1S/C15H22N2O4/c1-10-5-6-11(12(18)9-10)17-13(19)7-8-16-14(20)21-15(2,3)4/h5-6,9,18H,7-8H2,1-4H3,(H,16,20)(H,17,19). The molecule has 6 heteroatoms. The number of aryl methyl sites for hydroxylation is 1. The number of benzene rings is 1. The van der Waals surface area contributed by atoms with Crippen LogP contribution in [0.3, 0.4) is 0 Å². The van der Waals surface area contributed by atoms with Crippen molar-refractivity contribution in [3.63, 3.8) is 0 Å². The predicted molar refractivity (Wildman–Crippen MR) is 80.3 cm³/mol. The van der Waals surface area contributed by atoms with Gasteiger partial charge in [0, 0.05) is 13.0 Å². The van der Waals surface area contributed by atoms with Gasteiger partial charge in [-0.15, -0.1) is 0 Å². The molecule has 0 fully saturated rings. The zero-order valence-electron chi connectivity index (χ0n) is 12.8. The van der Waals surface area contributed by atoms with Gasteiger partial charge in [-0.25, -0.2) is 4.79 Å². The fourth-order valence-electron chi connectivity index (χ4n) is 1.55. The van der Waals surface area contributed by atoms with Crippen LogP contribution in [0.5, 0.6) is 5.75 Å². The first-order chi connectivity index (χ1) is 9.67.